The second kappa shape index (κ2) is 9.47. The molecule has 2 heterocycles. The Labute approximate surface area is 154 Å². The van der Waals surface area contributed by atoms with Gasteiger partial charge >= 0.3 is 0 Å². The highest BCUT2D eigenvalue weighted by molar-refractivity contribution is 5.59. The van der Waals surface area contributed by atoms with Crippen molar-refractivity contribution in [1.82, 2.24) is 4.98 Å². The van der Waals surface area contributed by atoms with Gasteiger partial charge in [0, 0.05) is 23.2 Å². The van der Waals surface area contributed by atoms with Crippen LogP contribution in [0, 0.1) is 23.6 Å². The minimum Gasteiger partial charge on any atom is -0.342 e. The molecule has 1 aromatic heterocycles. The van der Waals surface area contributed by atoms with Crippen LogP contribution >= 0.6 is 0 Å². The van der Waals surface area contributed by atoms with Gasteiger partial charge in [-0.3, -0.25) is 4.98 Å². The Morgan fingerprint density at radius 3 is 2.50 bits per heavy atom. The van der Waals surface area contributed by atoms with E-state index in [1.807, 2.05) is 12.1 Å². The Bertz CT molecular complexity index is 738. The molecule has 1 saturated heterocycles. The van der Waals surface area contributed by atoms with Crippen LogP contribution in [0.5, 0.6) is 0 Å². The van der Waals surface area contributed by atoms with Crippen LogP contribution in [-0.2, 0) is 9.47 Å². The van der Waals surface area contributed by atoms with Crippen LogP contribution in [0.1, 0.15) is 38.2 Å². The van der Waals surface area contributed by atoms with Crippen molar-refractivity contribution in [2.75, 3.05) is 13.2 Å². The van der Waals surface area contributed by atoms with E-state index in [1.54, 1.807) is 18.3 Å². The van der Waals surface area contributed by atoms with Gasteiger partial charge in [-0.25, -0.2) is 4.39 Å². The van der Waals surface area contributed by atoms with Crippen LogP contribution in [0.4, 0.5) is 4.39 Å². The molecule has 0 saturated carbocycles. The third-order valence-electron chi connectivity index (χ3n) is 4.42. The molecule has 0 spiro atoms. The zero-order chi connectivity index (χ0) is 18.2. The summed E-state index contributed by atoms with van der Waals surface area (Å²) >= 11 is 0. The van der Waals surface area contributed by atoms with Gasteiger partial charge in [0.05, 0.1) is 18.9 Å². The maximum Gasteiger partial charge on any atom is 0.222 e. The summed E-state index contributed by atoms with van der Waals surface area (Å²) in [6.07, 6.45) is 6.13. The third-order valence-corrected chi connectivity index (χ3v) is 4.42. The average Bonchev–Trinajstić information content (AvgIpc) is 2.69. The maximum atomic E-state index is 13.0. The molecule has 1 aliphatic heterocycles. The van der Waals surface area contributed by atoms with Crippen LogP contribution in [0.15, 0.2) is 42.6 Å². The lowest BCUT2D eigenvalue weighted by atomic mass is 10.0. The van der Waals surface area contributed by atoms with Crippen molar-refractivity contribution >= 4 is 0 Å². The normalized spacial score (nSPS) is 19.6. The minimum atomic E-state index is -0.464. The molecule has 3 nitrogen and oxygen atoms in total. The van der Waals surface area contributed by atoms with Gasteiger partial charge in [-0.05, 0) is 48.7 Å². The number of hydrogen-bond donors (Lipinski definition) is 0. The number of hydrogen-bond acceptors (Lipinski definition) is 3. The second-order valence-corrected chi connectivity index (χ2v) is 6.57. The lowest BCUT2D eigenvalue weighted by Crippen LogP contribution is -2.31. The lowest BCUT2D eigenvalue weighted by Gasteiger charge is -2.26. The van der Waals surface area contributed by atoms with Crippen LogP contribution in [-0.4, -0.2) is 24.5 Å². The molecule has 1 fully saturated rings. The first kappa shape index (κ1) is 18.6. The van der Waals surface area contributed by atoms with E-state index >= 15 is 0 Å². The van der Waals surface area contributed by atoms with E-state index in [0.29, 0.717) is 19.1 Å². The van der Waals surface area contributed by atoms with Gasteiger partial charge in [-0.15, -0.1) is 0 Å². The van der Waals surface area contributed by atoms with Crippen molar-refractivity contribution in [2.24, 2.45) is 5.92 Å². The Morgan fingerprint density at radius 1 is 1.08 bits per heavy atom. The summed E-state index contributed by atoms with van der Waals surface area (Å²) in [6, 6.07) is 10.1. The van der Waals surface area contributed by atoms with E-state index in [-0.39, 0.29) is 5.82 Å². The zero-order valence-electron chi connectivity index (χ0n) is 15.1. The summed E-state index contributed by atoms with van der Waals surface area (Å²) in [7, 11) is 0. The number of pyridine rings is 1. The van der Waals surface area contributed by atoms with Crippen LogP contribution in [0.2, 0.25) is 0 Å². The Morgan fingerprint density at radius 2 is 1.85 bits per heavy atom. The molecule has 0 N–H and O–H groups in total. The zero-order valence-corrected chi connectivity index (χ0v) is 15.1. The molecule has 1 aromatic carbocycles. The molecule has 136 valence electrons. The Balaban J connectivity index is 1.52. The number of ether oxygens (including phenoxy) is 2. The Kier molecular flexibility index (Phi) is 6.76. The predicted molar refractivity (Wildman–Crippen MR) is 99.8 cm³/mol. The summed E-state index contributed by atoms with van der Waals surface area (Å²) in [5.41, 5.74) is 2.46. The van der Waals surface area contributed by atoms with Gasteiger partial charge in [0.25, 0.3) is 0 Å². The van der Waals surface area contributed by atoms with Crippen LogP contribution < -0.4 is 0 Å². The average molecular weight is 353 g/mol. The van der Waals surface area contributed by atoms with Gasteiger partial charge in [0.1, 0.15) is 5.82 Å². The highest BCUT2D eigenvalue weighted by atomic mass is 19.1. The van der Waals surface area contributed by atoms with Gasteiger partial charge in [-0.2, -0.15) is 0 Å². The summed E-state index contributed by atoms with van der Waals surface area (Å²) in [6.45, 7) is 3.64. The van der Waals surface area contributed by atoms with Crippen molar-refractivity contribution in [3.63, 3.8) is 0 Å². The Hall–Kier alpha value is -2.22. The highest BCUT2D eigenvalue weighted by Crippen LogP contribution is 2.18. The summed E-state index contributed by atoms with van der Waals surface area (Å²) in [5, 5.41) is 0. The number of unbranched alkanes of at least 4 members (excludes halogenated alkanes) is 2. The number of benzene rings is 1. The topological polar surface area (TPSA) is 31.4 Å². The van der Waals surface area contributed by atoms with Crippen molar-refractivity contribution in [3.8, 4) is 23.1 Å². The van der Waals surface area contributed by atoms with Gasteiger partial charge in [0.2, 0.25) is 6.29 Å². The second-order valence-electron chi connectivity index (χ2n) is 6.57. The third kappa shape index (κ3) is 5.39. The molecule has 0 bridgehead atoms. The maximum absolute atomic E-state index is 13.0. The van der Waals surface area contributed by atoms with E-state index in [0.717, 1.165) is 23.2 Å². The van der Waals surface area contributed by atoms with E-state index in [9.17, 15) is 4.39 Å². The molecule has 2 aromatic rings. The molecule has 0 unspecified atom stereocenters. The van der Waals surface area contributed by atoms with E-state index in [2.05, 4.69) is 23.7 Å². The molecule has 26 heavy (non-hydrogen) atoms. The van der Waals surface area contributed by atoms with Gasteiger partial charge < -0.3 is 9.47 Å². The van der Waals surface area contributed by atoms with E-state index in [4.69, 9.17) is 9.47 Å². The highest BCUT2D eigenvalue weighted by Gasteiger charge is 2.20. The summed E-state index contributed by atoms with van der Waals surface area (Å²) < 4.78 is 24.4. The number of aromatic nitrogens is 1. The minimum absolute atomic E-state index is 0.253. The number of rotatable bonds is 5. The van der Waals surface area contributed by atoms with Crippen molar-refractivity contribution in [1.29, 1.82) is 0 Å². The summed E-state index contributed by atoms with van der Waals surface area (Å²) in [4.78, 5) is 4.39. The predicted octanol–water partition coefficient (Wildman–Crippen LogP) is 4.81. The first-order chi connectivity index (χ1) is 12.7. The number of nitrogens with zero attached hydrogens (tertiary/aromatic N) is 1. The summed E-state index contributed by atoms with van der Waals surface area (Å²) in [5.74, 6) is 6.28. The first-order valence-corrected chi connectivity index (χ1v) is 9.21. The molecule has 0 aliphatic carbocycles. The van der Waals surface area contributed by atoms with Crippen LogP contribution in [0.3, 0.4) is 0 Å². The molecule has 4 heteroatoms. The first-order valence-electron chi connectivity index (χ1n) is 9.21. The quantitative estimate of drug-likeness (QED) is 0.571. The molecule has 0 amide bonds. The van der Waals surface area contributed by atoms with Crippen molar-refractivity contribution in [2.45, 2.75) is 38.9 Å². The van der Waals surface area contributed by atoms with Crippen LogP contribution in [0.25, 0.3) is 11.3 Å². The molecule has 3 rings (SSSR count). The molecular weight excluding hydrogens is 329 g/mol. The van der Waals surface area contributed by atoms with E-state index in [1.165, 1.54) is 31.4 Å². The fraction of sp³-hybridized carbons (Fsp3) is 0.409. The largest absolute Gasteiger partial charge is 0.342 e. The molecule has 0 atom stereocenters. The fourth-order valence-electron chi connectivity index (χ4n) is 2.88. The lowest BCUT2D eigenvalue weighted by molar-refractivity contribution is -0.170. The van der Waals surface area contributed by atoms with Gasteiger partial charge in [0.15, 0.2) is 0 Å². The fourth-order valence-corrected chi connectivity index (χ4v) is 2.88. The molecule has 0 radical (unpaired) electrons. The monoisotopic (exact) mass is 353 g/mol. The van der Waals surface area contributed by atoms with Crippen molar-refractivity contribution < 1.29 is 13.9 Å². The standard InChI is InChI=1S/C22H24FNO2/c1-2-3-4-5-18-15-25-22(26-16-18)13-7-17-6-12-21(24-14-17)19-8-10-20(23)11-9-19/h6,8-12,14,18,22H,2-5,15-16H2,1H3/t18-,22-. The number of halogens is 1. The SMILES string of the molecule is CCCCC[C@H]1CO[C@H](C#Cc2ccc(-c3ccc(F)cc3)nc2)OC1. The van der Waals surface area contributed by atoms with Gasteiger partial charge in [-0.1, -0.05) is 32.1 Å². The molecular formula is C22H24FNO2. The van der Waals surface area contributed by atoms with Crippen molar-refractivity contribution in [3.05, 3.63) is 54.0 Å². The molecule has 1 aliphatic rings. The smallest absolute Gasteiger partial charge is 0.222 e. The van der Waals surface area contributed by atoms with E-state index < -0.39 is 6.29 Å².